The van der Waals surface area contributed by atoms with Gasteiger partial charge in [-0.05, 0) is 130 Å². The second-order valence-corrected chi connectivity index (χ2v) is 16.7. The van der Waals surface area contributed by atoms with Crippen molar-refractivity contribution in [2.24, 2.45) is 0 Å². The van der Waals surface area contributed by atoms with Crippen molar-refractivity contribution in [3.63, 3.8) is 0 Å². The summed E-state index contributed by atoms with van der Waals surface area (Å²) < 4.78 is 12.9. The molecule has 0 aliphatic heterocycles. The zero-order chi connectivity index (χ0) is 39.0. The molecule has 0 unspecified atom stereocenters. The fraction of sp³-hybridized carbons (Fsp3) is 0.0526. The van der Waals surface area contributed by atoms with Crippen LogP contribution in [0.5, 0.6) is 0 Å². The van der Waals surface area contributed by atoms with Crippen LogP contribution in [0.25, 0.3) is 121 Å². The van der Waals surface area contributed by atoms with Gasteiger partial charge in [-0.25, -0.2) is 0 Å². The van der Waals surface area contributed by atoms with Gasteiger partial charge in [0, 0.05) is 21.6 Å². The molecule has 13 rings (SSSR count). The SMILES string of the molecule is CC1(C)c2ccc(-c3ccc4c(c3)oc3c4ccc4oc5ccccc5c43)cc2-c2ccc(-c3c4ccccc4c(-c4cccc5ccccc45)c4ccccc34)cc21. The third kappa shape index (κ3) is 4.52. The minimum atomic E-state index is -0.171. The van der Waals surface area contributed by atoms with E-state index in [1.807, 2.05) is 12.1 Å². The van der Waals surface area contributed by atoms with Gasteiger partial charge in [0.2, 0.25) is 0 Å². The van der Waals surface area contributed by atoms with Crippen molar-refractivity contribution >= 4 is 76.2 Å². The lowest BCUT2D eigenvalue weighted by molar-refractivity contribution is 0.660. The number of hydrogen-bond acceptors (Lipinski definition) is 2. The third-order valence-corrected chi connectivity index (χ3v) is 13.3. The molecule has 0 saturated heterocycles. The summed E-state index contributed by atoms with van der Waals surface area (Å²) in [7, 11) is 0. The summed E-state index contributed by atoms with van der Waals surface area (Å²) in [5, 5.41) is 11.9. The molecule has 276 valence electrons. The van der Waals surface area contributed by atoms with Crippen molar-refractivity contribution in [3.05, 3.63) is 193 Å². The van der Waals surface area contributed by atoms with Crippen molar-refractivity contribution in [1.82, 2.24) is 0 Å². The predicted molar refractivity (Wildman–Crippen MR) is 247 cm³/mol. The fourth-order valence-corrected chi connectivity index (χ4v) is 10.5. The Kier molecular flexibility index (Phi) is 6.54. The molecule has 1 aliphatic carbocycles. The minimum Gasteiger partial charge on any atom is -0.456 e. The summed E-state index contributed by atoms with van der Waals surface area (Å²) in [6.45, 7) is 4.75. The van der Waals surface area contributed by atoms with E-state index in [0.29, 0.717) is 0 Å². The van der Waals surface area contributed by atoms with E-state index < -0.39 is 0 Å². The summed E-state index contributed by atoms with van der Waals surface area (Å²) in [6, 6.07) is 66.6. The highest BCUT2D eigenvalue weighted by Gasteiger charge is 2.36. The molecule has 1 aliphatic rings. The largest absolute Gasteiger partial charge is 0.456 e. The Morgan fingerprint density at radius 2 is 0.966 bits per heavy atom. The Hall–Kier alpha value is -7.42. The van der Waals surface area contributed by atoms with Crippen molar-refractivity contribution in [3.8, 4) is 44.5 Å². The van der Waals surface area contributed by atoms with Crippen LogP contribution >= 0.6 is 0 Å². The molecule has 2 aromatic heterocycles. The van der Waals surface area contributed by atoms with Gasteiger partial charge in [-0.15, -0.1) is 0 Å². The molecule has 2 nitrogen and oxygen atoms in total. The van der Waals surface area contributed by atoms with E-state index in [9.17, 15) is 0 Å². The van der Waals surface area contributed by atoms with Crippen LogP contribution in [-0.2, 0) is 5.41 Å². The minimum absolute atomic E-state index is 0.171. The van der Waals surface area contributed by atoms with Crippen LogP contribution < -0.4 is 0 Å². The van der Waals surface area contributed by atoms with Gasteiger partial charge in [0.1, 0.15) is 22.3 Å². The average Bonchev–Trinajstić information content (AvgIpc) is 3.92. The van der Waals surface area contributed by atoms with Crippen LogP contribution in [0.4, 0.5) is 0 Å². The summed E-state index contributed by atoms with van der Waals surface area (Å²) in [4.78, 5) is 0. The molecule has 59 heavy (non-hydrogen) atoms. The Balaban J connectivity index is 0.957. The van der Waals surface area contributed by atoms with E-state index in [2.05, 4.69) is 184 Å². The second-order valence-electron chi connectivity index (χ2n) is 16.7. The molecule has 12 aromatic rings. The van der Waals surface area contributed by atoms with Gasteiger partial charge >= 0.3 is 0 Å². The highest BCUT2D eigenvalue weighted by molar-refractivity contribution is 6.24. The van der Waals surface area contributed by atoms with Crippen LogP contribution in [0.15, 0.2) is 191 Å². The zero-order valence-electron chi connectivity index (χ0n) is 32.6. The monoisotopic (exact) mass is 752 g/mol. The predicted octanol–water partition coefficient (Wildman–Crippen LogP) is 16.3. The lowest BCUT2D eigenvalue weighted by atomic mass is 9.80. The first-order valence-corrected chi connectivity index (χ1v) is 20.5. The molecule has 0 radical (unpaired) electrons. The van der Waals surface area contributed by atoms with Gasteiger partial charge in [-0.1, -0.05) is 153 Å². The Labute approximate surface area is 340 Å². The topological polar surface area (TPSA) is 26.3 Å². The Morgan fingerprint density at radius 1 is 0.339 bits per heavy atom. The lowest BCUT2D eigenvalue weighted by Crippen LogP contribution is -2.15. The van der Waals surface area contributed by atoms with Crippen LogP contribution in [0.2, 0.25) is 0 Å². The van der Waals surface area contributed by atoms with Crippen LogP contribution in [0.3, 0.4) is 0 Å². The first kappa shape index (κ1) is 32.6. The van der Waals surface area contributed by atoms with Gasteiger partial charge in [-0.3, -0.25) is 0 Å². The number of para-hydroxylation sites is 1. The first-order chi connectivity index (χ1) is 29.0. The van der Waals surface area contributed by atoms with Crippen LogP contribution in [0, 0.1) is 0 Å². The van der Waals surface area contributed by atoms with E-state index in [1.165, 1.54) is 82.4 Å². The van der Waals surface area contributed by atoms with Gasteiger partial charge in [0.15, 0.2) is 0 Å². The highest BCUT2D eigenvalue weighted by Crippen LogP contribution is 2.53. The quantitative estimate of drug-likeness (QED) is 0.168. The van der Waals surface area contributed by atoms with E-state index in [4.69, 9.17) is 8.83 Å². The van der Waals surface area contributed by atoms with Crippen molar-refractivity contribution in [2.75, 3.05) is 0 Å². The van der Waals surface area contributed by atoms with Gasteiger partial charge in [-0.2, -0.15) is 0 Å². The van der Waals surface area contributed by atoms with Crippen molar-refractivity contribution < 1.29 is 8.83 Å². The Bertz CT molecular complexity index is 3700. The van der Waals surface area contributed by atoms with Crippen molar-refractivity contribution in [1.29, 1.82) is 0 Å². The molecule has 0 amide bonds. The molecular weight excluding hydrogens is 717 g/mol. The number of rotatable bonds is 3. The van der Waals surface area contributed by atoms with E-state index in [-0.39, 0.29) is 5.41 Å². The fourth-order valence-electron chi connectivity index (χ4n) is 10.5. The highest BCUT2D eigenvalue weighted by atomic mass is 16.3. The van der Waals surface area contributed by atoms with E-state index in [0.717, 1.165) is 49.4 Å². The van der Waals surface area contributed by atoms with Gasteiger partial charge in [0.25, 0.3) is 0 Å². The molecule has 0 fully saturated rings. The summed E-state index contributed by atoms with van der Waals surface area (Å²) in [5.74, 6) is 0. The lowest BCUT2D eigenvalue weighted by Gasteiger charge is -2.23. The number of fused-ring (bicyclic) bond motifs is 13. The summed E-state index contributed by atoms with van der Waals surface area (Å²) >= 11 is 0. The number of furan rings is 2. The maximum Gasteiger partial charge on any atom is 0.147 e. The molecular formula is C57H36O2. The Morgan fingerprint density at radius 3 is 1.76 bits per heavy atom. The summed E-state index contributed by atoms with van der Waals surface area (Å²) in [5.41, 5.74) is 16.0. The normalized spacial score (nSPS) is 13.4. The standard InChI is InChI=1S/C57H36O2/c1-57(2)48-28-24-34(35-22-26-39-45-27-29-51-55(56(45)59-52(39)32-35)46-19-9-10-21-50(46)58-51)30-47(48)38-25-23-36(31-49(38)57)53-41-15-5-7-17-43(41)54(44-18-8-6-16-42(44)53)40-20-11-13-33-12-3-4-14-37(33)40/h3-32H,1-2H3. The number of benzene rings is 10. The van der Waals surface area contributed by atoms with E-state index >= 15 is 0 Å². The summed E-state index contributed by atoms with van der Waals surface area (Å²) in [6.07, 6.45) is 0. The maximum atomic E-state index is 6.68. The second kappa shape index (κ2) is 11.8. The molecule has 0 spiro atoms. The molecule has 0 N–H and O–H groups in total. The average molecular weight is 753 g/mol. The zero-order valence-corrected chi connectivity index (χ0v) is 32.6. The van der Waals surface area contributed by atoms with Crippen LogP contribution in [-0.4, -0.2) is 0 Å². The molecule has 10 aromatic carbocycles. The molecule has 2 heteroatoms. The van der Waals surface area contributed by atoms with Crippen LogP contribution in [0.1, 0.15) is 25.0 Å². The van der Waals surface area contributed by atoms with Crippen molar-refractivity contribution in [2.45, 2.75) is 19.3 Å². The first-order valence-electron chi connectivity index (χ1n) is 20.5. The maximum absolute atomic E-state index is 6.68. The van der Waals surface area contributed by atoms with Gasteiger partial charge < -0.3 is 8.83 Å². The van der Waals surface area contributed by atoms with Gasteiger partial charge in [0.05, 0.1) is 5.39 Å². The molecule has 2 heterocycles. The molecule has 0 bridgehead atoms. The number of hydrogen-bond donors (Lipinski definition) is 0. The van der Waals surface area contributed by atoms with E-state index in [1.54, 1.807) is 0 Å². The molecule has 0 saturated carbocycles. The molecule has 0 atom stereocenters. The third-order valence-electron chi connectivity index (χ3n) is 13.3. The smallest absolute Gasteiger partial charge is 0.147 e.